The number of ether oxygens (including phenoxy) is 2. The molecule has 7 nitrogen and oxygen atoms in total. The highest BCUT2D eigenvalue weighted by molar-refractivity contribution is 5.49. The molecule has 2 aliphatic rings. The predicted molar refractivity (Wildman–Crippen MR) is 92.3 cm³/mol. The van der Waals surface area contributed by atoms with Crippen molar-refractivity contribution in [3.63, 3.8) is 0 Å². The van der Waals surface area contributed by atoms with Crippen LogP contribution in [-0.2, 0) is 9.47 Å². The number of anilines is 2. The first-order valence-corrected chi connectivity index (χ1v) is 8.69. The van der Waals surface area contributed by atoms with Crippen molar-refractivity contribution in [1.82, 2.24) is 9.97 Å². The van der Waals surface area contributed by atoms with Crippen LogP contribution in [0.25, 0.3) is 0 Å². The molecule has 2 N–H and O–H groups in total. The van der Waals surface area contributed by atoms with Crippen LogP contribution in [0.15, 0.2) is 12.4 Å². The van der Waals surface area contributed by atoms with Crippen molar-refractivity contribution in [3.05, 3.63) is 12.4 Å². The van der Waals surface area contributed by atoms with Crippen LogP contribution in [0.2, 0.25) is 0 Å². The van der Waals surface area contributed by atoms with E-state index in [0.29, 0.717) is 19.6 Å². The molecule has 2 unspecified atom stereocenters. The largest absolute Gasteiger partial charge is 0.387 e. The number of hydrogen-bond acceptors (Lipinski definition) is 7. The molecule has 3 rings (SSSR count). The highest BCUT2D eigenvalue weighted by Crippen LogP contribution is 2.51. The van der Waals surface area contributed by atoms with Gasteiger partial charge < -0.3 is 24.8 Å². The molecule has 1 aliphatic carbocycles. The summed E-state index contributed by atoms with van der Waals surface area (Å²) in [7, 11) is 0. The van der Waals surface area contributed by atoms with Gasteiger partial charge >= 0.3 is 0 Å². The highest BCUT2D eigenvalue weighted by atomic mass is 16.5. The Morgan fingerprint density at radius 3 is 2.79 bits per heavy atom. The third-order valence-electron chi connectivity index (χ3n) is 5.44. The molecule has 1 aromatic rings. The second-order valence-corrected chi connectivity index (χ2v) is 7.12. The van der Waals surface area contributed by atoms with Crippen LogP contribution >= 0.6 is 0 Å². The lowest BCUT2D eigenvalue weighted by molar-refractivity contribution is -0.233. The zero-order valence-corrected chi connectivity index (χ0v) is 14.8. The number of hydrogen-bond donors (Lipinski definition) is 2. The van der Waals surface area contributed by atoms with E-state index in [2.05, 4.69) is 34.0 Å². The summed E-state index contributed by atoms with van der Waals surface area (Å²) in [6.45, 7) is 10.3. The summed E-state index contributed by atoms with van der Waals surface area (Å²) in [6.07, 6.45) is 2.30. The molecule has 1 saturated heterocycles. The minimum atomic E-state index is -0.795. The molecule has 0 bridgehead atoms. The first-order valence-electron chi connectivity index (χ1n) is 8.69. The summed E-state index contributed by atoms with van der Waals surface area (Å²) >= 11 is 0. The van der Waals surface area contributed by atoms with Crippen LogP contribution < -0.4 is 10.2 Å². The number of aliphatic hydroxyl groups is 1. The average Bonchev–Trinajstić information content (AvgIpc) is 2.61. The second-order valence-electron chi connectivity index (χ2n) is 7.12. The summed E-state index contributed by atoms with van der Waals surface area (Å²) < 4.78 is 11.1. The molecule has 0 radical (unpaired) electrons. The van der Waals surface area contributed by atoms with E-state index in [1.165, 1.54) is 0 Å². The summed E-state index contributed by atoms with van der Waals surface area (Å²) in [5, 5.41) is 14.2. The fourth-order valence-electron chi connectivity index (χ4n) is 3.41. The van der Waals surface area contributed by atoms with E-state index < -0.39 is 5.60 Å². The van der Waals surface area contributed by atoms with Gasteiger partial charge in [0, 0.05) is 44.1 Å². The van der Waals surface area contributed by atoms with Gasteiger partial charge in [0.15, 0.2) is 0 Å². The molecule has 24 heavy (non-hydrogen) atoms. The van der Waals surface area contributed by atoms with Crippen molar-refractivity contribution < 1.29 is 14.6 Å². The molecular weight excluding hydrogens is 308 g/mol. The lowest BCUT2D eigenvalue weighted by Gasteiger charge is -2.58. The summed E-state index contributed by atoms with van der Waals surface area (Å²) in [5.41, 5.74) is -1.08. The average molecular weight is 336 g/mol. The Kier molecular flexibility index (Phi) is 4.94. The molecule has 134 valence electrons. The Bertz CT molecular complexity index is 563. The summed E-state index contributed by atoms with van der Waals surface area (Å²) in [5.74, 6) is 1.62. The van der Waals surface area contributed by atoms with E-state index in [1.807, 2.05) is 13.0 Å². The molecule has 0 amide bonds. The van der Waals surface area contributed by atoms with E-state index >= 15 is 0 Å². The monoisotopic (exact) mass is 336 g/mol. The van der Waals surface area contributed by atoms with Crippen LogP contribution in [0.5, 0.6) is 0 Å². The maximum absolute atomic E-state index is 10.9. The molecule has 0 aromatic carbocycles. The summed E-state index contributed by atoms with van der Waals surface area (Å²) in [4.78, 5) is 10.8. The molecule has 1 saturated carbocycles. The van der Waals surface area contributed by atoms with Crippen molar-refractivity contribution in [1.29, 1.82) is 0 Å². The van der Waals surface area contributed by atoms with Crippen molar-refractivity contribution in [2.45, 2.75) is 38.9 Å². The van der Waals surface area contributed by atoms with E-state index in [0.717, 1.165) is 37.9 Å². The molecule has 2 atom stereocenters. The Labute approximate surface area is 143 Å². The summed E-state index contributed by atoms with van der Waals surface area (Å²) in [6, 6.07) is 1.93. The van der Waals surface area contributed by atoms with Crippen LogP contribution in [0.1, 0.15) is 27.2 Å². The third-order valence-corrected chi connectivity index (χ3v) is 5.44. The second kappa shape index (κ2) is 6.82. The number of aromatic nitrogens is 2. The number of nitrogens with zero attached hydrogens (tertiary/aromatic N) is 3. The Balaban J connectivity index is 1.61. The standard InChI is InChI=1S/C17H28N4O3/c1-4-24-13-10-17(22,16(13,2)3)11-18-14-9-15(20-12-19-14)21-5-7-23-8-6-21/h9,12-13,22H,4-8,10-11H2,1-3H3,(H,18,19,20). The van der Waals surface area contributed by atoms with Gasteiger partial charge in [0.1, 0.15) is 18.0 Å². The Hall–Kier alpha value is -1.44. The topological polar surface area (TPSA) is 79.7 Å². The van der Waals surface area contributed by atoms with Crippen LogP contribution in [-0.4, -0.2) is 66.2 Å². The normalized spacial score (nSPS) is 29.2. The first-order chi connectivity index (χ1) is 11.5. The van der Waals surface area contributed by atoms with E-state index in [-0.39, 0.29) is 11.5 Å². The van der Waals surface area contributed by atoms with Gasteiger partial charge in [-0.25, -0.2) is 9.97 Å². The molecule has 7 heteroatoms. The minimum absolute atomic E-state index is 0.101. The van der Waals surface area contributed by atoms with E-state index in [1.54, 1.807) is 6.33 Å². The molecule has 0 spiro atoms. The zero-order valence-electron chi connectivity index (χ0n) is 14.8. The number of nitrogens with one attached hydrogen (secondary N) is 1. The van der Waals surface area contributed by atoms with Gasteiger partial charge in [0.05, 0.1) is 24.9 Å². The fourth-order valence-corrected chi connectivity index (χ4v) is 3.41. The lowest BCUT2D eigenvalue weighted by Crippen LogP contribution is -2.67. The van der Waals surface area contributed by atoms with Crippen molar-refractivity contribution in [2.24, 2.45) is 5.41 Å². The van der Waals surface area contributed by atoms with Crippen molar-refractivity contribution >= 4 is 11.6 Å². The van der Waals surface area contributed by atoms with E-state index in [4.69, 9.17) is 9.47 Å². The van der Waals surface area contributed by atoms with Crippen molar-refractivity contribution in [2.75, 3.05) is 49.7 Å². The van der Waals surface area contributed by atoms with Crippen LogP contribution in [0.4, 0.5) is 11.6 Å². The third kappa shape index (κ3) is 3.20. The Morgan fingerprint density at radius 2 is 2.12 bits per heavy atom. The van der Waals surface area contributed by atoms with E-state index in [9.17, 15) is 5.11 Å². The maximum Gasteiger partial charge on any atom is 0.134 e. The fraction of sp³-hybridized carbons (Fsp3) is 0.765. The quantitative estimate of drug-likeness (QED) is 0.810. The van der Waals surface area contributed by atoms with Crippen LogP contribution in [0.3, 0.4) is 0 Å². The zero-order chi connectivity index (χ0) is 17.2. The molecular formula is C17H28N4O3. The lowest BCUT2D eigenvalue weighted by atomic mass is 9.56. The highest BCUT2D eigenvalue weighted by Gasteiger charge is 2.59. The Morgan fingerprint density at radius 1 is 1.38 bits per heavy atom. The van der Waals surface area contributed by atoms with Gasteiger partial charge in [-0.1, -0.05) is 13.8 Å². The van der Waals surface area contributed by atoms with Crippen molar-refractivity contribution in [3.8, 4) is 0 Å². The molecule has 2 heterocycles. The molecule has 1 aromatic heterocycles. The van der Waals surface area contributed by atoms with Gasteiger partial charge in [-0.15, -0.1) is 0 Å². The van der Waals surface area contributed by atoms with Gasteiger partial charge in [0.2, 0.25) is 0 Å². The van der Waals surface area contributed by atoms with Gasteiger partial charge in [-0.2, -0.15) is 0 Å². The first kappa shape index (κ1) is 17.4. The predicted octanol–water partition coefficient (Wildman–Crippen LogP) is 1.29. The minimum Gasteiger partial charge on any atom is -0.387 e. The maximum atomic E-state index is 10.9. The van der Waals surface area contributed by atoms with Gasteiger partial charge in [-0.3, -0.25) is 0 Å². The smallest absolute Gasteiger partial charge is 0.134 e. The number of rotatable bonds is 6. The van der Waals surface area contributed by atoms with Crippen LogP contribution in [0, 0.1) is 5.41 Å². The molecule has 1 aliphatic heterocycles. The van der Waals surface area contributed by atoms with Gasteiger partial charge in [-0.05, 0) is 6.92 Å². The molecule has 2 fully saturated rings. The number of morpholine rings is 1. The van der Waals surface area contributed by atoms with Gasteiger partial charge in [0.25, 0.3) is 0 Å². The SMILES string of the molecule is CCOC1CC(O)(CNc2cc(N3CCOCC3)ncn2)C1(C)C.